The number of rotatable bonds is 6. The minimum Gasteiger partial charge on any atom is -0.435 e. The zero-order chi connectivity index (χ0) is 22.0. The molecular formula is C23H19Cl2N3O3. The first-order valence-electron chi connectivity index (χ1n) is 9.71. The summed E-state index contributed by atoms with van der Waals surface area (Å²) in [6.45, 7) is 2.04. The molecule has 31 heavy (non-hydrogen) atoms. The molecule has 2 N–H and O–H groups in total. The Kier molecular flexibility index (Phi) is 6.11. The summed E-state index contributed by atoms with van der Waals surface area (Å²) in [5.74, 6) is 0.645. The van der Waals surface area contributed by atoms with E-state index in [2.05, 4.69) is 15.6 Å². The Morgan fingerprint density at radius 2 is 1.84 bits per heavy atom. The lowest BCUT2D eigenvalue weighted by Crippen LogP contribution is -2.16. The van der Waals surface area contributed by atoms with Crippen LogP contribution in [0.25, 0.3) is 0 Å². The van der Waals surface area contributed by atoms with Gasteiger partial charge in [0.05, 0.1) is 10.7 Å². The van der Waals surface area contributed by atoms with Crippen LogP contribution in [0.5, 0.6) is 11.6 Å². The maximum absolute atomic E-state index is 12.8. The predicted molar refractivity (Wildman–Crippen MR) is 121 cm³/mol. The van der Waals surface area contributed by atoms with Gasteiger partial charge in [0.25, 0.3) is 5.91 Å². The average Bonchev–Trinajstić information content (AvgIpc) is 3.48. The number of aromatic nitrogens is 1. The second-order valence-corrected chi connectivity index (χ2v) is 8.23. The van der Waals surface area contributed by atoms with Gasteiger partial charge in [-0.1, -0.05) is 48.3 Å². The Hall–Kier alpha value is -3.09. The van der Waals surface area contributed by atoms with Crippen molar-refractivity contribution < 1.29 is 14.3 Å². The SMILES string of the molecule is CC1CC1C(=O)Nc1cccc(C(=O)Nc2ccccc2Oc2ncc(Cl)cc2Cl)c1. The van der Waals surface area contributed by atoms with Crippen molar-refractivity contribution in [1.29, 1.82) is 0 Å². The summed E-state index contributed by atoms with van der Waals surface area (Å²) < 4.78 is 5.78. The number of nitrogens with one attached hydrogen (secondary N) is 2. The van der Waals surface area contributed by atoms with Crippen LogP contribution in [0.2, 0.25) is 10.0 Å². The van der Waals surface area contributed by atoms with E-state index in [1.165, 1.54) is 12.3 Å². The topological polar surface area (TPSA) is 80.3 Å². The lowest BCUT2D eigenvalue weighted by molar-refractivity contribution is -0.117. The van der Waals surface area contributed by atoms with E-state index in [9.17, 15) is 9.59 Å². The first-order valence-corrected chi connectivity index (χ1v) is 10.5. The molecule has 1 heterocycles. The first-order chi connectivity index (χ1) is 14.9. The van der Waals surface area contributed by atoms with E-state index in [4.69, 9.17) is 27.9 Å². The normalized spacial score (nSPS) is 17.0. The molecule has 6 nitrogen and oxygen atoms in total. The number of hydrogen-bond acceptors (Lipinski definition) is 4. The third-order valence-corrected chi connectivity index (χ3v) is 5.43. The minimum atomic E-state index is -0.345. The molecule has 0 radical (unpaired) electrons. The van der Waals surface area contributed by atoms with Gasteiger partial charge in [-0.3, -0.25) is 9.59 Å². The minimum absolute atomic E-state index is 0.0175. The van der Waals surface area contributed by atoms with Crippen LogP contribution >= 0.6 is 23.2 Å². The number of amides is 2. The summed E-state index contributed by atoms with van der Waals surface area (Å²) >= 11 is 12.0. The molecule has 0 saturated heterocycles. The molecule has 8 heteroatoms. The lowest BCUT2D eigenvalue weighted by Gasteiger charge is -2.13. The fraction of sp³-hybridized carbons (Fsp3) is 0.174. The van der Waals surface area contributed by atoms with Gasteiger partial charge in [0.1, 0.15) is 5.02 Å². The van der Waals surface area contributed by atoms with E-state index in [0.717, 1.165) is 6.42 Å². The van der Waals surface area contributed by atoms with Gasteiger partial charge in [-0.2, -0.15) is 0 Å². The maximum Gasteiger partial charge on any atom is 0.255 e. The molecule has 1 aliphatic carbocycles. The van der Waals surface area contributed by atoms with E-state index in [1.54, 1.807) is 48.5 Å². The zero-order valence-corrected chi connectivity index (χ0v) is 18.1. The molecule has 1 aromatic heterocycles. The number of ether oxygens (including phenoxy) is 1. The van der Waals surface area contributed by atoms with Gasteiger partial charge in [-0.05, 0) is 48.7 Å². The number of benzene rings is 2. The van der Waals surface area contributed by atoms with Crippen LogP contribution in [0.15, 0.2) is 60.8 Å². The molecular weight excluding hydrogens is 437 g/mol. The Labute approximate surface area is 189 Å². The van der Waals surface area contributed by atoms with Crippen molar-refractivity contribution in [1.82, 2.24) is 4.98 Å². The van der Waals surface area contributed by atoms with Crippen molar-refractivity contribution in [2.24, 2.45) is 11.8 Å². The number of hydrogen-bond donors (Lipinski definition) is 2. The smallest absolute Gasteiger partial charge is 0.255 e. The highest BCUT2D eigenvalue weighted by Crippen LogP contribution is 2.38. The molecule has 1 fully saturated rings. The van der Waals surface area contributed by atoms with Gasteiger partial charge in [-0.25, -0.2) is 4.98 Å². The van der Waals surface area contributed by atoms with Crippen LogP contribution in [0, 0.1) is 11.8 Å². The highest BCUT2D eigenvalue weighted by molar-refractivity contribution is 6.35. The highest BCUT2D eigenvalue weighted by atomic mass is 35.5. The summed E-state index contributed by atoms with van der Waals surface area (Å²) in [6.07, 6.45) is 2.32. The van der Waals surface area contributed by atoms with Crippen LogP contribution in [0.4, 0.5) is 11.4 Å². The Balaban J connectivity index is 1.49. The molecule has 0 aliphatic heterocycles. The molecule has 158 valence electrons. The largest absolute Gasteiger partial charge is 0.435 e. The molecule has 0 spiro atoms. The Morgan fingerprint density at radius 1 is 1.06 bits per heavy atom. The number of para-hydroxylation sites is 2. The summed E-state index contributed by atoms with van der Waals surface area (Å²) in [5.41, 5.74) is 1.43. The van der Waals surface area contributed by atoms with Gasteiger partial charge in [-0.15, -0.1) is 0 Å². The van der Waals surface area contributed by atoms with E-state index < -0.39 is 0 Å². The highest BCUT2D eigenvalue weighted by Gasteiger charge is 2.39. The van der Waals surface area contributed by atoms with Crippen molar-refractivity contribution >= 4 is 46.4 Å². The summed E-state index contributed by atoms with van der Waals surface area (Å²) in [4.78, 5) is 29.1. The van der Waals surface area contributed by atoms with Gasteiger partial charge in [0.15, 0.2) is 5.75 Å². The van der Waals surface area contributed by atoms with Crippen LogP contribution in [0.3, 0.4) is 0 Å². The molecule has 1 aliphatic rings. The lowest BCUT2D eigenvalue weighted by atomic mass is 10.1. The van der Waals surface area contributed by atoms with Crippen molar-refractivity contribution in [3.05, 3.63) is 76.4 Å². The number of pyridine rings is 1. The molecule has 1 saturated carbocycles. The van der Waals surface area contributed by atoms with Crippen LogP contribution in [-0.2, 0) is 4.79 Å². The number of anilines is 2. The monoisotopic (exact) mass is 455 g/mol. The molecule has 2 unspecified atom stereocenters. The number of nitrogens with zero attached hydrogens (tertiary/aromatic N) is 1. The average molecular weight is 456 g/mol. The van der Waals surface area contributed by atoms with E-state index in [1.807, 2.05) is 6.92 Å². The molecule has 2 atom stereocenters. The maximum atomic E-state index is 12.8. The molecule has 2 aromatic carbocycles. The summed E-state index contributed by atoms with van der Waals surface area (Å²) in [7, 11) is 0. The van der Waals surface area contributed by atoms with Crippen molar-refractivity contribution in [2.75, 3.05) is 10.6 Å². The fourth-order valence-electron chi connectivity index (χ4n) is 3.10. The molecule has 2 amide bonds. The first kappa shape index (κ1) is 21.2. The summed E-state index contributed by atoms with van der Waals surface area (Å²) in [6, 6.07) is 15.2. The third-order valence-electron chi connectivity index (χ3n) is 4.95. The van der Waals surface area contributed by atoms with Crippen LogP contribution in [0.1, 0.15) is 23.7 Å². The van der Waals surface area contributed by atoms with Crippen LogP contribution < -0.4 is 15.4 Å². The van der Waals surface area contributed by atoms with Crippen molar-refractivity contribution in [3.63, 3.8) is 0 Å². The Bertz CT molecular complexity index is 1150. The van der Waals surface area contributed by atoms with Crippen molar-refractivity contribution in [3.8, 4) is 11.6 Å². The number of halogens is 2. The van der Waals surface area contributed by atoms with E-state index in [0.29, 0.717) is 33.6 Å². The predicted octanol–water partition coefficient (Wildman–Crippen LogP) is 6.03. The third kappa shape index (κ3) is 5.16. The zero-order valence-electron chi connectivity index (χ0n) is 16.6. The van der Waals surface area contributed by atoms with Gasteiger partial charge in [0.2, 0.25) is 11.8 Å². The van der Waals surface area contributed by atoms with E-state index >= 15 is 0 Å². The second-order valence-electron chi connectivity index (χ2n) is 7.38. The summed E-state index contributed by atoms with van der Waals surface area (Å²) in [5, 5.41) is 6.34. The Morgan fingerprint density at radius 3 is 2.58 bits per heavy atom. The number of carbonyl (C=O) groups excluding carboxylic acids is 2. The van der Waals surface area contributed by atoms with Crippen LogP contribution in [-0.4, -0.2) is 16.8 Å². The second kappa shape index (κ2) is 8.96. The van der Waals surface area contributed by atoms with Gasteiger partial charge >= 0.3 is 0 Å². The van der Waals surface area contributed by atoms with Gasteiger partial charge < -0.3 is 15.4 Å². The van der Waals surface area contributed by atoms with E-state index in [-0.39, 0.29) is 28.6 Å². The van der Waals surface area contributed by atoms with Gasteiger partial charge in [0, 0.05) is 23.4 Å². The number of carbonyl (C=O) groups is 2. The molecule has 3 aromatic rings. The molecule has 0 bridgehead atoms. The standard InChI is InChI=1S/C23H19Cl2N3O3/c1-13-9-17(13)22(30)27-16-6-4-5-14(10-16)21(29)28-19-7-2-3-8-20(19)31-23-18(25)11-15(24)12-26-23/h2-8,10-13,17H,9H2,1H3,(H,27,30)(H,28,29). The quantitative estimate of drug-likeness (QED) is 0.475. The molecule has 4 rings (SSSR count). The fourth-order valence-corrected chi connectivity index (χ4v) is 3.51. The van der Waals surface area contributed by atoms with Crippen molar-refractivity contribution in [2.45, 2.75) is 13.3 Å².